The highest BCUT2D eigenvalue weighted by Gasteiger charge is 2.17. The molecule has 0 aliphatic carbocycles. The van der Waals surface area contributed by atoms with E-state index in [-0.39, 0.29) is 11.7 Å². The second-order valence-electron chi connectivity index (χ2n) is 6.74. The molecule has 4 rings (SSSR count). The summed E-state index contributed by atoms with van der Waals surface area (Å²) in [4.78, 5) is 16.7. The summed E-state index contributed by atoms with van der Waals surface area (Å²) in [5.41, 5.74) is 4.22. The first kappa shape index (κ1) is 19.8. The van der Waals surface area contributed by atoms with Crippen molar-refractivity contribution in [2.24, 2.45) is 7.05 Å². The van der Waals surface area contributed by atoms with Crippen LogP contribution in [0.15, 0.2) is 60.0 Å². The number of aryl methyl sites for hydroxylation is 1. The number of para-hydroxylation sites is 1. The highest BCUT2D eigenvalue weighted by molar-refractivity contribution is 7.99. The van der Waals surface area contributed by atoms with Crippen LogP contribution in [0.3, 0.4) is 0 Å². The first-order chi connectivity index (χ1) is 14.5. The fourth-order valence-corrected chi connectivity index (χ4v) is 3.85. The molecule has 0 unspecified atom stereocenters. The Labute approximate surface area is 178 Å². The van der Waals surface area contributed by atoms with Crippen molar-refractivity contribution in [3.8, 4) is 17.1 Å². The van der Waals surface area contributed by atoms with E-state index in [1.165, 1.54) is 11.8 Å². The predicted octanol–water partition coefficient (Wildman–Crippen LogP) is 3.41. The molecular formula is C21H21N7OS. The quantitative estimate of drug-likeness (QED) is 0.482. The van der Waals surface area contributed by atoms with Crippen molar-refractivity contribution in [1.29, 1.82) is 0 Å². The summed E-state index contributed by atoms with van der Waals surface area (Å²) in [6, 6.07) is 13.6. The van der Waals surface area contributed by atoms with Gasteiger partial charge in [-0.3, -0.25) is 9.78 Å². The Morgan fingerprint density at radius 2 is 1.90 bits per heavy atom. The van der Waals surface area contributed by atoms with Crippen molar-refractivity contribution in [1.82, 2.24) is 29.5 Å². The maximum atomic E-state index is 12.6. The number of benzene rings is 1. The lowest BCUT2D eigenvalue weighted by atomic mass is 10.3. The second-order valence-corrected chi connectivity index (χ2v) is 7.68. The van der Waals surface area contributed by atoms with E-state index in [9.17, 15) is 4.79 Å². The number of carbonyl (C=O) groups is 1. The summed E-state index contributed by atoms with van der Waals surface area (Å²) < 4.78 is 3.69. The number of pyridine rings is 1. The summed E-state index contributed by atoms with van der Waals surface area (Å²) in [6.45, 7) is 3.83. The molecule has 0 atom stereocenters. The Morgan fingerprint density at radius 1 is 1.10 bits per heavy atom. The topological polar surface area (TPSA) is 90.5 Å². The van der Waals surface area contributed by atoms with Gasteiger partial charge in [0.1, 0.15) is 0 Å². The molecule has 3 heterocycles. The Hall–Kier alpha value is -3.46. The normalized spacial score (nSPS) is 10.9. The van der Waals surface area contributed by atoms with Crippen LogP contribution in [0, 0.1) is 13.8 Å². The molecule has 0 saturated carbocycles. The molecule has 30 heavy (non-hydrogen) atoms. The zero-order valence-corrected chi connectivity index (χ0v) is 17.7. The van der Waals surface area contributed by atoms with Gasteiger partial charge in [0.15, 0.2) is 11.0 Å². The lowest BCUT2D eigenvalue weighted by Gasteiger charge is -2.07. The van der Waals surface area contributed by atoms with Gasteiger partial charge in [-0.05, 0) is 38.1 Å². The molecule has 3 aromatic heterocycles. The Morgan fingerprint density at radius 3 is 2.63 bits per heavy atom. The second kappa shape index (κ2) is 8.50. The number of hydrogen-bond acceptors (Lipinski definition) is 6. The fourth-order valence-electron chi connectivity index (χ4n) is 3.14. The van der Waals surface area contributed by atoms with Crippen molar-refractivity contribution in [2.45, 2.75) is 19.0 Å². The van der Waals surface area contributed by atoms with Gasteiger partial charge < -0.3 is 9.88 Å². The van der Waals surface area contributed by atoms with E-state index in [0.717, 1.165) is 28.3 Å². The van der Waals surface area contributed by atoms with Gasteiger partial charge in [0.25, 0.3) is 0 Å². The highest BCUT2D eigenvalue weighted by Crippen LogP contribution is 2.25. The maximum absolute atomic E-state index is 12.6. The molecule has 4 aromatic rings. The molecule has 0 aliphatic rings. The van der Waals surface area contributed by atoms with E-state index in [1.54, 1.807) is 12.4 Å². The van der Waals surface area contributed by atoms with Gasteiger partial charge in [-0.2, -0.15) is 5.10 Å². The minimum atomic E-state index is -0.121. The number of nitrogens with zero attached hydrogens (tertiary/aromatic N) is 6. The van der Waals surface area contributed by atoms with Gasteiger partial charge in [-0.15, -0.1) is 10.2 Å². The van der Waals surface area contributed by atoms with Crippen LogP contribution in [-0.2, 0) is 11.8 Å². The molecule has 0 bridgehead atoms. The van der Waals surface area contributed by atoms with E-state index < -0.39 is 0 Å². The van der Waals surface area contributed by atoms with Gasteiger partial charge in [0, 0.05) is 25.0 Å². The van der Waals surface area contributed by atoms with E-state index in [2.05, 4.69) is 25.6 Å². The molecule has 0 spiro atoms. The SMILES string of the molecule is Cc1nn(-c2ccccc2)c(C)c1NC(=O)CSc1nnc(-c2cccnc2)n1C. The fraction of sp³-hybridized carbons (Fsp3) is 0.190. The van der Waals surface area contributed by atoms with Crippen molar-refractivity contribution in [3.63, 3.8) is 0 Å². The molecule has 0 fully saturated rings. The molecule has 0 radical (unpaired) electrons. The minimum Gasteiger partial charge on any atom is -0.322 e. The van der Waals surface area contributed by atoms with Crippen LogP contribution in [0.1, 0.15) is 11.4 Å². The molecular weight excluding hydrogens is 398 g/mol. The Balaban J connectivity index is 1.44. The van der Waals surface area contributed by atoms with Crippen molar-refractivity contribution < 1.29 is 4.79 Å². The van der Waals surface area contributed by atoms with Crippen LogP contribution >= 0.6 is 11.8 Å². The standard InChI is InChI=1S/C21H21N7OS/c1-14-19(15(2)28(26-14)17-9-5-4-6-10-17)23-18(29)13-30-21-25-24-20(27(21)3)16-8-7-11-22-12-16/h4-12H,13H2,1-3H3,(H,23,29). The first-order valence-electron chi connectivity index (χ1n) is 9.38. The molecule has 1 aromatic carbocycles. The minimum absolute atomic E-state index is 0.121. The van der Waals surface area contributed by atoms with E-state index in [0.29, 0.717) is 11.0 Å². The monoisotopic (exact) mass is 419 g/mol. The molecule has 8 nitrogen and oxygen atoms in total. The number of thioether (sulfide) groups is 1. The summed E-state index contributed by atoms with van der Waals surface area (Å²) in [6.07, 6.45) is 3.45. The first-order valence-corrected chi connectivity index (χ1v) is 10.4. The van der Waals surface area contributed by atoms with Gasteiger partial charge in [-0.1, -0.05) is 30.0 Å². The van der Waals surface area contributed by atoms with Crippen LogP contribution in [0.25, 0.3) is 17.1 Å². The Bertz CT molecular complexity index is 1170. The number of rotatable bonds is 6. The van der Waals surface area contributed by atoms with Crippen LogP contribution in [0.2, 0.25) is 0 Å². The summed E-state index contributed by atoms with van der Waals surface area (Å²) in [5, 5.41) is 16.6. The van der Waals surface area contributed by atoms with E-state index >= 15 is 0 Å². The smallest absolute Gasteiger partial charge is 0.234 e. The van der Waals surface area contributed by atoms with Crippen LogP contribution < -0.4 is 5.32 Å². The largest absolute Gasteiger partial charge is 0.322 e. The average molecular weight is 420 g/mol. The van der Waals surface area contributed by atoms with Gasteiger partial charge >= 0.3 is 0 Å². The average Bonchev–Trinajstić information content (AvgIpc) is 3.27. The van der Waals surface area contributed by atoms with E-state index in [4.69, 9.17) is 0 Å². The third-order valence-electron chi connectivity index (χ3n) is 4.64. The van der Waals surface area contributed by atoms with Crippen molar-refractivity contribution in [3.05, 3.63) is 66.2 Å². The number of anilines is 1. The number of amides is 1. The summed E-state index contributed by atoms with van der Waals surface area (Å²) in [7, 11) is 1.88. The summed E-state index contributed by atoms with van der Waals surface area (Å²) >= 11 is 1.33. The number of nitrogens with one attached hydrogen (secondary N) is 1. The predicted molar refractivity (Wildman–Crippen MR) is 117 cm³/mol. The zero-order valence-electron chi connectivity index (χ0n) is 16.9. The molecule has 152 valence electrons. The summed E-state index contributed by atoms with van der Waals surface area (Å²) in [5.74, 6) is 0.806. The molecule has 9 heteroatoms. The zero-order chi connectivity index (χ0) is 21.1. The lowest BCUT2D eigenvalue weighted by Crippen LogP contribution is -2.15. The third-order valence-corrected chi connectivity index (χ3v) is 5.66. The maximum Gasteiger partial charge on any atom is 0.234 e. The van der Waals surface area contributed by atoms with E-state index in [1.807, 2.05) is 72.6 Å². The van der Waals surface area contributed by atoms with Crippen LogP contribution in [0.4, 0.5) is 5.69 Å². The van der Waals surface area contributed by atoms with Crippen molar-refractivity contribution in [2.75, 3.05) is 11.1 Å². The third kappa shape index (κ3) is 3.97. The number of carbonyl (C=O) groups excluding carboxylic acids is 1. The van der Waals surface area contributed by atoms with Crippen molar-refractivity contribution >= 4 is 23.4 Å². The Kier molecular flexibility index (Phi) is 5.62. The molecule has 0 aliphatic heterocycles. The van der Waals surface area contributed by atoms with Gasteiger partial charge in [0.2, 0.25) is 5.91 Å². The van der Waals surface area contributed by atoms with Gasteiger partial charge in [0.05, 0.1) is 28.5 Å². The number of aromatic nitrogens is 6. The lowest BCUT2D eigenvalue weighted by molar-refractivity contribution is -0.113. The highest BCUT2D eigenvalue weighted by atomic mass is 32.2. The number of hydrogen-bond donors (Lipinski definition) is 1. The molecule has 0 saturated heterocycles. The molecule has 1 amide bonds. The van der Waals surface area contributed by atoms with Crippen LogP contribution in [0.5, 0.6) is 0 Å². The molecule has 1 N–H and O–H groups in total. The van der Waals surface area contributed by atoms with Crippen LogP contribution in [-0.4, -0.2) is 41.2 Å². The van der Waals surface area contributed by atoms with Gasteiger partial charge in [-0.25, -0.2) is 4.68 Å².